The van der Waals surface area contributed by atoms with Gasteiger partial charge in [-0.3, -0.25) is 9.69 Å². The molecule has 8 heteroatoms. The Morgan fingerprint density at radius 3 is 2.73 bits per heavy atom. The maximum atomic E-state index is 14.0. The Hall–Kier alpha value is -2.19. The monoisotopic (exact) mass is 379 g/mol. The lowest BCUT2D eigenvalue weighted by Gasteiger charge is -2.26. The third kappa shape index (κ3) is 3.96. The maximum Gasteiger partial charge on any atom is 0.298 e. The number of likely N-dealkylation sites (N-methyl/N-ethyl adjacent to an activating group) is 1. The van der Waals surface area contributed by atoms with Crippen LogP contribution in [0.1, 0.15) is 13.8 Å². The van der Waals surface area contributed by atoms with Crippen molar-refractivity contribution in [3.8, 4) is 0 Å². The van der Waals surface area contributed by atoms with E-state index >= 15 is 0 Å². The highest BCUT2D eigenvalue weighted by molar-refractivity contribution is 7.22. The van der Waals surface area contributed by atoms with E-state index in [9.17, 15) is 9.18 Å². The van der Waals surface area contributed by atoms with Gasteiger partial charge >= 0.3 is 0 Å². The number of anilines is 1. The number of hydrogen-bond acceptors (Lipinski definition) is 6. The van der Waals surface area contributed by atoms with Gasteiger partial charge in [-0.15, -0.1) is 0 Å². The minimum atomic E-state index is -0.391. The summed E-state index contributed by atoms with van der Waals surface area (Å²) in [6.45, 7) is 7.78. The molecule has 6 nitrogen and oxygen atoms in total. The van der Waals surface area contributed by atoms with E-state index in [-0.39, 0.29) is 17.2 Å². The summed E-state index contributed by atoms with van der Waals surface area (Å²) < 4.78 is 25.4. The van der Waals surface area contributed by atoms with Gasteiger partial charge in [-0.05, 0) is 25.2 Å². The van der Waals surface area contributed by atoms with Crippen molar-refractivity contribution < 1.29 is 18.7 Å². The van der Waals surface area contributed by atoms with Gasteiger partial charge in [-0.1, -0.05) is 31.3 Å². The zero-order valence-corrected chi connectivity index (χ0v) is 15.7. The fourth-order valence-electron chi connectivity index (χ4n) is 2.70. The zero-order valence-electron chi connectivity index (χ0n) is 14.9. The molecule has 0 atom stereocenters. The number of amides is 1. The standard InChI is InChI=1S/C18H22FN3O3S/c1-3-21(4-2)8-9-22(17(23)14-12-24-10-11-25-14)18-20-16-13(19)6-5-7-15(16)26-18/h5-7,12H,3-4,8-11H2,1-2H3. The number of halogens is 1. The molecule has 0 saturated heterocycles. The van der Waals surface area contributed by atoms with Crippen LogP contribution >= 0.6 is 11.3 Å². The van der Waals surface area contributed by atoms with Gasteiger partial charge in [-0.2, -0.15) is 0 Å². The second-order valence-electron chi connectivity index (χ2n) is 5.77. The van der Waals surface area contributed by atoms with Crippen LogP contribution in [0.2, 0.25) is 0 Å². The van der Waals surface area contributed by atoms with Crippen molar-refractivity contribution in [3.05, 3.63) is 36.0 Å². The Morgan fingerprint density at radius 1 is 1.27 bits per heavy atom. The molecule has 0 fully saturated rings. The molecule has 140 valence electrons. The zero-order chi connectivity index (χ0) is 18.5. The average Bonchev–Trinajstić information content (AvgIpc) is 3.11. The number of carbonyl (C=O) groups is 1. The van der Waals surface area contributed by atoms with Crippen LogP contribution in [0.15, 0.2) is 30.2 Å². The lowest BCUT2D eigenvalue weighted by molar-refractivity contribution is -0.119. The van der Waals surface area contributed by atoms with Crippen LogP contribution in [0.4, 0.5) is 9.52 Å². The third-order valence-corrected chi connectivity index (χ3v) is 5.27. The molecule has 0 spiro atoms. The Labute approximate surface area is 155 Å². The highest BCUT2D eigenvalue weighted by Crippen LogP contribution is 2.31. The summed E-state index contributed by atoms with van der Waals surface area (Å²) in [5.41, 5.74) is 0.280. The van der Waals surface area contributed by atoms with Gasteiger partial charge in [0.1, 0.15) is 30.8 Å². The van der Waals surface area contributed by atoms with Gasteiger partial charge in [0.2, 0.25) is 5.76 Å². The van der Waals surface area contributed by atoms with E-state index in [4.69, 9.17) is 9.47 Å². The first-order chi connectivity index (χ1) is 12.6. The topological polar surface area (TPSA) is 54.9 Å². The van der Waals surface area contributed by atoms with Gasteiger partial charge in [0.15, 0.2) is 5.13 Å². The molecule has 0 bridgehead atoms. The normalized spacial score (nSPS) is 14.1. The van der Waals surface area contributed by atoms with Crippen molar-refractivity contribution in [1.29, 1.82) is 0 Å². The lowest BCUT2D eigenvalue weighted by atomic mass is 10.3. The van der Waals surface area contributed by atoms with Crippen molar-refractivity contribution in [2.75, 3.05) is 44.3 Å². The molecule has 26 heavy (non-hydrogen) atoms. The molecule has 2 aromatic rings. The summed E-state index contributed by atoms with van der Waals surface area (Å²) in [5.74, 6) is -0.565. The first-order valence-corrected chi connectivity index (χ1v) is 9.49. The summed E-state index contributed by atoms with van der Waals surface area (Å²) in [6, 6.07) is 4.81. The van der Waals surface area contributed by atoms with Crippen LogP contribution in [-0.2, 0) is 14.3 Å². The van der Waals surface area contributed by atoms with Crippen LogP contribution < -0.4 is 4.90 Å². The smallest absolute Gasteiger partial charge is 0.298 e. The van der Waals surface area contributed by atoms with Gasteiger partial charge < -0.3 is 14.4 Å². The summed E-state index contributed by atoms with van der Waals surface area (Å²) in [4.78, 5) is 21.1. The van der Waals surface area contributed by atoms with Crippen LogP contribution in [0, 0.1) is 5.82 Å². The van der Waals surface area contributed by atoms with Gasteiger partial charge in [0.05, 0.1) is 4.70 Å². The van der Waals surface area contributed by atoms with Crippen LogP contribution in [-0.4, -0.2) is 55.2 Å². The molecule has 0 aliphatic carbocycles. The quantitative estimate of drug-likeness (QED) is 0.740. The highest BCUT2D eigenvalue weighted by Gasteiger charge is 2.26. The molecule has 1 aromatic heterocycles. The Morgan fingerprint density at radius 2 is 2.08 bits per heavy atom. The van der Waals surface area contributed by atoms with E-state index in [1.165, 1.54) is 23.7 Å². The fourth-order valence-corrected chi connectivity index (χ4v) is 3.70. The molecule has 0 saturated carbocycles. The number of ether oxygens (including phenoxy) is 2. The predicted octanol–water partition coefficient (Wildman–Crippen LogP) is 3.00. The molecule has 0 unspecified atom stereocenters. The first kappa shape index (κ1) is 18.6. The van der Waals surface area contributed by atoms with E-state index < -0.39 is 5.82 Å². The number of nitrogens with zero attached hydrogens (tertiary/aromatic N) is 3. The van der Waals surface area contributed by atoms with E-state index in [0.717, 1.165) is 13.1 Å². The van der Waals surface area contributed by atoms with Gasteiger partial charge in [0, 0.05) is 13.1 Å². The average molecular weight is 379 g/mol. The summed E-state index contributed by atoms with van der Waals surface area (Å²) >= 11 is 1.29. The van der Waals surface area contributed by atoms with Gasteiger partial charge in [-0.25, -0.2) is 9.37 Å². The molecule has 3 rings (SSSR count). The SMILES string of the molecule is CCN(CC)CCN(C(=O)C1=COCCO1)c1nc2c(F)cccc2s1. The number of thiazole rings is 1. The lowest BCUT2D eigenvalue weighted by Crippen LogP contribution is -2.40. The van der Waals surface area contributed by atoms with Crippen molar-refractivity contribution in [2.45, 2.75) is 13.8 Å². The second kappa shape index (κ2) is 8.46. The van der Waals surface area contributed by atoms with Crippen LogP contribution in [0.3, 0.4) is 0 Å². The number of para-hydroxylation sites is 1. The Bertz CT molecular complexity index is 804. The van der Waals surface area contributed by atoms with E-state index in [1.54, 1.807) is 17.0 Å². The molecular weight excluding hydrogens is 357 g/mol. The molecule has 2 heterocycles. The molecular formula is C18H22FN3O3S. The molecule has 0 N–H and O–H groups in total. The van der Waals surface area contributed by atoms with Gasteiger partial charge in [0.25, 0.3) is 5.91 Å². The molecule has 1 amide bonds. The molecule has 1 aromatic carbocycles. The second-order valence-corrected chi connectivity index (χ2v) is 6.78. The van der Waals surface area contributed by atoms with E-state index in [1.807, 2.05) is 0 Å². The maximum absolute atomic E-state index is 14.0. The third-order valence-electron chi connectivity index (χ3n) is 4.23. The minimum Gasteiger partial charge on any atom is -0.494 e. The van der Waals surface area contributed by atoms with Crippen LogP contribution in [0.25, 0.3) is 10.2 Å². The predicted molar refractivity (Wildman–Crippen MR) is 99.7 cm³/mol. The highest BCUT2D eigenvalue weighted by atomic mass is 32.1. The summed E-state index contributed by atoms with van der Waals surface area (Å²) in [7, 11) is 0. The van der Waals surface area contributed by atoms with E-state index in [2.05, 4.69) is 23.7 Å². The fraction of sp³-hybridized carbons (Fsp3) is 0.444. The number of fused-ring (bicyclic) bond motifs is 1. The molecule has 1 aliphatic heterocycles. The summed E-state index contributed by atoms with van der Waals surface area (Å²) in [5, 5.41) is 0.456. The number of rotatable bonds is 7. The van der Waals surface area contributed by atoms with Crippen molar-refractivity contribution in [2.24, 2.45) is 0 Å². The van der Waals surface area contributed by atoms with Crippen molar-refractivity contribution in [3.63, 3.8) is 0 Å². The Balaban J connectivity index is 1.91. The van der Waals surface area contributed by atoms with Crippen molar-refractivity contribution in [1.82, 2.24) is 9.88 Å². The number of carbonyl (C=O) groups excluding carboxylic acids is 1. The van der Waals surface area contributed by atoms with Crippen molar-refractivity contribution >= 4 is 32.6 Å². The number of aromatic nitrogens is 1. The largest absolute Gasteiger partial charge is 0.494 e. The Kier molecular flexibility index (Phi) is 6.05. The van der Waals surface area contributed by atoms with E-state index in [0.29, 0.717) is 36.1 Å². The molecule has 0 radical (unpaired) electrons. The number of benzene rings is 1. The molecule has 1 aliphatic rings. The number of hydrogen-bond donors (Lipinski definition) is 0. The first-order valence-electron chi connectivity index (χ1n) is 8.67. The summed E-state index contributed by atoms with van der Waals surface area (Å²) in [6.07, 6.45) is 1.34. The van der Waals surface area contributed by atoms with Crippen LogP contribution in [0.5, 0.6) is 0 Å². The minimum absolute atomic E-state index is 0.149.